The molecule has 0 radical (unpaired) electrons. The van der Waals surface area contributed by atoms with Crippen molar-refractivity contribution in [2.75, 3.05) is 23.9 Å². The molecule has 0 spiro atoms. The summed E-state index contributed by atoms with van der Waals surface area (Å²) >= 11 is 1.09. The highest BCUT2D eigenvalue weighted by atomic mass is 32.2. The van der Waals surface area contributed by atoms with Gasteiger partial charge >= 0.3 is 0 Å². The topological polar surface area (TPSA) is 83.5 Å². The zero-order chi connectivity index (χ0) is 19.0. The number of carbonyl (C=O) groups excluding carboxylic acids is 1. The van der Waals surface area contributed by atoms with Crippen LogP contribution in [0.2, 0.25) is 0 Å². The van der Waals surface area contributed by atoms with Gasteiger partial charge in [-0.05, 0) is 48.8 Å². The second-order valence-corrected chi connectivity index (χ2v) is 9.81. The maximum atomic E-state index is 13.3. The number of benzene rings is 1. The van der Waals surface area contributed by atoms with Gasteiger partial charge in [0.05, 0.1) is 16.6 Å². The third-order valence-electron chi connectivity index (χ3n) is 5.32. The van der Waals surface area contributed by atoms with Crippen LogP contribution in [0.15, 0.2) is 24.3 Å². The SMILES string of the molecule is CCc1nnsc1C(=O)N1CCCC(S(=O)(=O)N2CCc3ccccc32)C1. The van der Waals surface area contributed by atoms with Crippen LogP contribution in [0.3, 0.4) is 0 Å². The molecule has 2 aliphatic rings. The Bertz CT molecular complexity index is 957. The largest absolute Gasteiger partial charge is 0.336 e. The van der Waals surface area contributed by atoms with Gasteiger partial charge in [0.15, 0.2) is 0 Å². The minimum absolute atomic E-state index is 0.149. The van der Waals surface area contributed by atoms with Crippen LogP contribution in [0.1, 0.15) is 40.7 Å². The van der Waals surface area contributed by atoms with Gasteiger partial charge in [0.1, 0.15) is 4.88 Å². The summed E-state index contributed by atoms with van der Waals surface area (Å²) in [6.07, 6.45) is 2.63. The molecule has 1 fully saturated rings. The molecule has 7 nitrogen and oxygen atoms in total. The molecule has 1 aromatic heterocycles. The van der Waals surface area contributed by atoms with Crippen molar-refractivity contribution < 1.29 is 13.2 Å². The van der Waals surface area contributed by atoms with Crippen molar-refractivity contribution in [3.63, 3.8) is 0 Å². The summed E-state index contributed by atoms with van der Waals surface area (Å²) < 4.78 is 32.0. The summed E-state index contributed by atoms with van der Waals surface area (Å²) in [5, 5.41) is 3.42. The molecule has 4 rings (SSSR count). The number of piperidine rings is 1. The normalized spacial score (nSPS) is 20.0. The standard InChI is InChI=1S/C18H22N4O3S2/c1-2-15-17(26-20-19-15)18(23)21-10-5-7-14(12-21)27(24,25)22-11-9-13-6-3-4-8-16(13)22/h3-4,6,8,14H,2,5,7,9-12H2,1H3. The lowest BCUT2D eigenvalue weighted by Gasteiger charge is -2.34. The third kappa shape index (κ3) is 3.23. The number of anilines is 1. The van der Waals surface area contributed by atoms with Crippen molar-refractivity contribution in [2.24, 2.45) is 0 Å². The van der Waals surface area contributed by atoms with Gasteiger partial charge in [-0.3, -0.25) is 9.10 Å². The highest BCUT2D eigenvalue weighted by Crippen LogP contribution is 2.33. The molecule has 1 unspecified atom stereocenters. The first kappa shape index (κ1) is 18.4. The third-order valence-corrected chi connectivity index (χ3v) is 8.30. The van der Waals surface area contributed by atoms with Gasteiger partial charge in [0.2, 0.25) is 10.0 Å². The van der Waals surface area contributed by atoms with Crippen LogP contribution < -0.4 is 4.31 Å². The Kier molecular flexibility index (Phi) is 4.90. The molecule has 1 saturated heterocycles. The molecule has 0 saturated carbocycles. The van der Waals surface area contributed by atoms with Crippen LogP contribution in [0.25, 0.3) is 0 Å². The monoisotopic (exact) mass is 406 g/mol. The second kappa shape index (κ2) is 7.20. The van der Waals surface area contributed by atoms with Gasteiger partial charge < -0.3 is 4.90 Å². The maximum absolute atomic E-state index is 13.3. The molecule has 144 valence electrons. The Morgan fingerprint density at radius 3 is 2.93 bits per heavy atom. The number of carbonyl (C=O) groups is 1. The molecule has 1 atom stereocenters. The van der Waals surface area contributed by atoms with E-state index in [1.54, 1.807) is 4.90 Å². The smallest absolute Gasteiger partial charge is 0.267 e. The van der Waals surface area contributed by atoms with E-state index in [4.69, 9.17) is 0 Å². The van der Waals surface area contributed by atoms with Crippen LogP contribution in [-0.4, -0.2) is 53.7 Å². The first-order chi connectivity index (χ1) is 13.0. The summed E-state index contributed by atoms with van der Waals surface area (Å²) in [7, 11) is -3.51. The molecule has 27 heavy (non-hydrogen) atoms. The maximum Gasteiger partial charge on any atom is 0.267 e. The molecule has 9 heteroatoms. The number of para-hydroxylation sites is 1. The number of sulfonamides is 1. The Morgan fingerprint density at radius 1 is 1.30 bits per heavy atom. The second-order valence-electron chi connectivity index (χ2n) is 6.91. The number of aryl methyl sites for hydroxylation is 1. The van der Waals surface area contributed by atoms with Gasteiger partial charge in [-0.25, -0.2) is 8.42 Å². The first-order valence-electron chi connectivity index (χ1n) is 9.22. The van der Waals surface area contributed by atoms with E-state index in [0.29, 0.717) is 42.9 Å². The summed E-state index contributed by atoms with van der Waals surface area (Å²) in [6.45, 7) is 3.20. The fourth-order valence-electron chi connectivity index (χ4n) is 3.86. The average Bonchev–Trinajstić information content (AvgIpc) is 3.34. The number of rotatable bonds is 4. The van der Waals surface area contributed by atoms with Crippen molar-refractivity contribution in [3.8, 4) is 0 Å². The van der Waals surface area contributed by atoms with Crippen molar-refractivity contribution in [1.82, 2.24) is 14.5 Å². The summed E-state index contributed by atoms with van der Waals surface area (Å²) in [6, 6.07) is 7.64. The zero-order valence-electron chi connectivity index (χ0n) is 15.2. The van der Waals surface area contributed by atoms with E-state index in [1.165, 1.54) is 4.31 Å². The highest BCUT2D eigenvalue weighted by molar-refractivity contribution is 7.93. The van der Waals surface area contributed by atoms with Crippen LogP contribution in [0.5, 0.6) is 0 Å². The first-order valence-corrected chi connectivity index (χ1v) is 11.5. The van der Waals surface area contributed by atoms with Crippen LogP contribution in [0, 0.1) is 0 Å². The van der Waals surface area contributed by atoms with E-state index in [0.717, 1.165) is 29.2 Å². The Balaban J connectivity index is 1.55. The van der Waals surface area contributed by atoms with E-state index < -0.39 is 15.3 Å². The molecule has 0 bridgehead atoms. The lowest BCUT2D eigenvalue weighted by molar-refractivity contribution is 0.0730. The molecule has 2 aliphatic heterocycles. The Hall–Kier alpha value is -2.00. The quantitative estimate of drug-likeness (QED) is 0.776. The summed E-state index contributed by atoms with van der Waals surface area (Å²) in [5.74, 6) is -0.149. The zero-order valence-corrected chi connectivity index (χ0v) is 16.8. The lowest BCUT2D eigenvalue weighted by atomic mass is 10.1. The van der Waals surface area contributed by atoms with E-state index in [1.807, 2.05) is 31.2 Å². The minimum Gasteiger partial charge on any atom is -0.336 e. The number of hydrogen-bond donors (Lipinski definition) is 0. The number of fused-ring (bicyclic) bond motifs is 1. The van der Waals surface area contributed by atoms with Crippen molar-refractivity contribution in [1.29, 1.82) is 0 Å². The Labute approximate surface area is 163 Å². The van der Waals surface area contributed by atoms with E-state index in [9.17, 15) is 13.2 Å². The van der Waals surface area contributed by atoms with Gasteiger partial charge in [-0.2, -0.15) is 0 Å². The molecular formula is C18H22N4O3S2. The minimum atomic E-state index is -3.51. The number of hydrogen-bond acceptors (Lipinski definition) is 6. The molecule has 2 aromatic rings. The van der Waals surface area contributed by atoms with E-state index in [2.05, 4.69) is 9.59 Å². The predicted octanol–water partition coefficient (Wildman–Crippen LogP) is 2.10. The van der Waals surface area contributed by atoms with Crippen molar-refractivity contribution in [3.05, 3.63) is 40.4 Å². The molecule has 1 aromatic carbocycles. The fourth-order valence-corrected chi connectivity index (χ4v) is 6.57. The molecule has 0 N–H and O–H groups in total. The highest BCUT2D eigenvalue weighted by Gasteiger charge is 2.39. The number of amides is 1. The van der Waals surface area contributed by atoms with E-state index >= 15 is 0 Å². The van der Waals surface area contributed by atoms with Gasteiger partial charge in [0, 0.05) is 19.6 Å². The van der Waals surface area contributed by atoms with Crippen molar-refractivity contribution >= 4 is 33.2 Å². The van der Waals surface area contributed by atoms with Gasteiger partial charge in [-0.1, -0.05) is 29.6 Å². The van der Waals surface area contributed by atoms with Crippen LogP contribution in [-0.2, 0) is 22.9 Å². The number of likely N-dealkylation sites (tertiary alicyclic amines) is 1. The van der Waals surface area contributed by atoms with Crippen LogP contribution in [0.4, 0.5) is 5.69 Å². The summed E-state index contributed by atoms with van der Waals surface area (Å²) in [4.78, 5) is 15.1. The van der Waals surface area contributed by atoms with Crippen molar-refractivity contribution in [2.45, 2.75) is 37.9 Å². The molecule has 0 aliphatic carbocycles. The van der Waals surface area contributed by atoms with Crippen LogP contribution >= 0.6 is 11.5 Å². The average molecular weight is 407 g/mol. The number of nitrogens with zero attached hydrogens (tertiary/aromatic N) is 4. The fraction of sp³-hybridized carbons (Fsp3) is 0.500. The Morgan fingerprint density at radius 2 is 2.11 bits per heavy atom. The predicted molar refractivity (Wildman–Crippen MR) is 105 cm³/mol. The molecule has 1 amide bonds. The summed E-state index contributed by atoms with van der Waals surface area (Å²) in [5.41, 5.74) is 2.53. The number of aromatic nitrogens is 2. The van der Waals surface area contributed by atoms with Gasteiger partial charge in [0.25, 0.3) is 5.91 Å². The lowest BCUT2D eigenvalue weighted by Crippen LogP contribution is -2.49. The molecular weight excluding hydrogens is 384 g/mol. The van der Waals surface area contributed by atoms with Gasteiger partial charge in [-0.15, -0.1) is 5.10 Å². The van der Waals surface area contributed by atoms with E-state index in [-0.39, 0.29) is 12.5 Å². The molecule has 3 heterocycles.